The molecule has 1 N–H and O–H groups in total. The lowest BCUT2D eigenvalue weighted by Crippen LogP contribution is -2.34. The van der Waals surface area contributed by atoms with Crippen LogP contribution in [0.4, 0.5) is 0 Å². The number of benzene rings is 2. The summed E-state index contributed by atoms with van der Waals surface area (Å²) >= 11 is 5.96. The van der Waals surface area contributed by atoms with Gasteiger partial charge in [0.2, 0.25) is 5.91 Å². The molecule has 2 heterocycles. The van der Waals surface area contributed by atoms with Crippen LogP contribution in [0.15, 0.2) is 48.5 Å². The minimum atomic E-state index is -0.101. The summed E-state index contributed by atoms with van der Waals surface area (Å²) < 4.78 is 2.10. The second kappa shape index (κ2) is 12.0. The summed E-state index contributed by atoms with van der Waals surface area (Å²) in [4.78, 5) is 32.1. The summed E-state index contributed by atoms with van der Waals surface area (Å²) in [6.07, 6.45) is 8.23. The zero-order valence-corrected chi connectivity index (χ0v) is 20.4. The normalized spacial score (nSPS) is 14.2. The van der Waals surface area contributed by atoms with E-state index >= 15 is 0 Å². The molecular weight excluding hydrogens is 448 g/mol. The van der Waals surface area contributed by atoms with E-state index in [9.17, 15) is 9.59 Å². The van der Waals surface area contributed by atoms with Gasteiger partial charge in [0.1, 0.15) is 12.4 Å². The molecule has 1 aliphatic heterocycles. The van der Waals surface area contributed by atoms with Gasteiger partial charge in [0.25, 0.3) is 5.91 Å². The average molecular weight is 481 g/mol. The van der Waals surface area contributed by atoms with Crippen LogP contribution in [0.25, 0.3) is 11.0 Å². The molecule has 0 radical (unpaired) electrons. The first-order valence-electron chi connectivity index (χ1n) is 12.4. The molecule has 3 aromatic rings. The Morgan fingerprint density at radius 3 is 2.53 bits per heavy atom. The highest BCUT2D eigenvalue weighted by Gasteiger charge is 2.19. The Kier molecular flexibility index (Phi) is 8.58. The summed E-state index contributed by atoms with van der Waals surface area (Å²) in [7, 11) is 0. The van der Waals surface area contributed by atoms with Gasteiger partial charge in [-0.3, -0.25) is 9.59 Å². The number of nitrogens with one attached hydrogen (secondary N) is 1. The van der Waals surface area contributed by atoms with E-state index in [1.807, 2.05) is 29.2 Å². The Morgan fingerprint density at radius 1 is 0.941 bits per heavy atom. The summed E-state index contributed by atoms with van der Waals surface area (Å²) in [5.41, 5.74) is 2.54. The summed E-state index contributed by atoms with van der Waals surface area (Å²) in [6, 6.07) is 15.0. The monoisotopic (exact) mass is 480 g/mol. The third kappa shape index (κ3) is 6.38. The van der Waals surface area contributed by atoms with E-state index in [0.29, 0.717) is 23.7 Å². The van der Waals surface area contributed by atoms with Gasteiger partial charge in [-0.15, -0.1) is 0 Å². The van der Waals surface area contributed by atoms with Crippen LogP contribution in [0.2, 0.25) is 5.02 Å². The maximum absolute atomic E-state index is 13.1. The van der Waals surface area contributed by atoms with Crippen LogP contribution in [0.5, 0.6) is 0 Å². The van der Waals surface area contributed by atoms with Gasteiger partial charge >= 0.3 is 0 Å². The molecule has 0 bridgehead atoms. The van der Waals surface area contributed by atoms with Crippen LogP contribution in [0.1, 0.15) is 61.1 Å². The van der Waals surface area contributed by atoms with Gasteiger partial charge in [-0.25, -0.2) is 4.98 Å². The summed E-state index contributed by atoms with van der Waals surface area (Å²) in [6.45, 7) is 2.70. The summed E-state index contributed by atoms with van der Waals surface area (Å²) in [5, 5.41) is 3.52. The van der Waals surface area contributed by atoms with E-state index in [-0.39, 0.29) is 11.8 Å². The van der Waals surface area contributed by atoms with Crippen molar-refractivity contribution in [3.8, 4) is 0 Å². The van der Waals surface area contributed by atoms with Crippen LogP contribution in [0, 0.1) is 0 Å². The molecule has 6 nitrogen and oxygen atoms in total. The average Bonchev–Trinajstić information content (AvgIpc) is 3.00. The first-order valence-corrected chi connectivity index (χ1v) is 12.8. The molecule has 2 aromatic carbocycles. The van der Waals surface area contributed by atoms with Crippen molar-refractivity contribution >= 4 is 34.4 Å². The van der Waals surface area contributed by atoms with E-state index in [1.54, 1.807) is 24.3 Å². The zero-order valence-electron chi connectivity index (χ0n) is 19.6. The van der Waals surface area contributed by atoms with Crippen molar-refractivity contribution in [1.29, 1.82) is 0 Å². The number of likely N-dealkylation sites (tertiary alicyclic amines) is 1. The van der Waals surface area contributed by atoms with Crippen LogP contribution >= 0.6 is 11.6 Å². The van der Waals surface area contributed by atoms with Gasteiger partial charge in [-0.1, -0.05) is 49.1 Å². The number of aryl methyl sites for hydroxylation is 1. The van der Waals surface area contributed by atoms with Crippen molar-refractivity contribution in [1.82, 2.24) is 19.8 Å². The molecular formula is C27H33ClN4O2. The van der Waals surface area contributed by atoms with E-state index in [2.05, 4.69) is 9.88 Å². The number of fused-ring (bicyclic) bond motifs is 1. The SMILES string of the molecule is O=C(NCCCCCc1nc2ccccc2n1CC(=O)N1CCCCCC1)c1cccc(Cl)c1. The van der Waals surface area contributed by atoms with Gasteiger partial charge in [0.05, 0.1) is 11.0 Å². The molecule has 0 aliphatic carbocycles. The molecule has 4 rings (SSSR count). The van der Waals surface area contributed by atoms with E-state index in [0.717, 1.165) is 68.5 Å². The Hall–Kier alpha value is -2.86. The molecule has 1 aromatic heterocycles. The third-order valence-corrected chi connectivity index (χ3v) is 6.67. The fourth-order valence-corrected chi connectivity index (χ4v) is 4.76. The minimum absolute atomic E-state index is 0.101. The number of carbonyl (C=O) groups is 2. The molecule has 1 aliphatic rings. The van der Waals surface area contributed by atoms with Crippen molar-refractivity contribution in [2.75, 3.05) is 19.6 Å². The summed E-state index contributed by atoms with van der Waals surface area (Å²) in [5.74, 6) is 1.05. The lowest BCUT2D eigenvalue weighted by atomic mass is 10.1. The van der Waals surface area contributed by atoms with Crippen molar-refractivity contribution < 1.29 is 9.59 Å². The van der Waals surface area contributed by atoms with Gasteiger partial charge < -0.3 is 14.8 Å². The number of unbranched alkanes of at least 4 members (excludes halogenated alkanes) is 2. The number of amides is 2. The minimum Gasteiger partial charge on any atom is -0.352 e. The Bertz CT molecular complexity index is 1120. The molecule has 34 heavy (non-hydrogen) atoms. The standard InChI is InChI=1S/C27H33ClN4O2/c28-22-12-10-11-21(19-22)27(34)29-16-7-3-4-15-25-30-23-13-5-6-14-24(23)32(25)20-26(33)31-17-8-1-2-9-18-31/h5-6,10-14,19H,1-4,7-9,15-18,20H2,(H,29,34). The quantitative estimate of drug-likeness (QED) is 0.426. The zero-order chi connectivity index (χ0) is 23.8. The Morgan fingerprint density at radius 2 is 1.74 bits per heavy atom. The van der Waals surface area contributed by atoms with Crippen LogP contribution in [0.3, 0.4) is 0 Å². The lowest BCUT2D eigenvalue weighted by Gasteiger charge is -2.21. The van der Waals surface area contributed by atoms with Crippen LogP contribution < -0.4 is 5.32 Å². The first-order chi connectivity index (χ1) is 16.6. The van der Waals surface area contributed by atoms with Gasteiger partial charge in [0.15, 0.2) is 0 Å². The Labute approximate surface area is 206 Å². The highest BCUT2D eigenvalue weighted by Crippen LogP contribution is 2.19. The molecule has 1 saturated heterocycles. The molecule has 0 saturated carbocycles. The maximum atomic E-state index is 13.1. The molecule has 1 fully saturated rings. The van der Waals surface area contributed by atoms with Crippen LogP contribution in [-0.4, -0.2) is 45.9 Å². The molecule has 0 spiro atoms. The fraction of sp³-hybridized carbons (Fsp3) is 0.444. The van der Waals surface area contributed by atoms with E-state index < -0.39 is 0 Å². The number of halogens is 1. The number of aromatic nitrogens is 2. The number of nitrogens with zero attached hydrogens (tertiary/aromatic N) is 3. The molecule has 0 unspecified atom stereocenters. The van der Waals surface area contributed by atoms with Gasteiger partial charge in [-0.05, 0) is 56.0 Å². The van der Waals surface area contributed by atoms with Gasteiger partial charge in [-0.2, -0.15) is 0 Å². The highest BCUT2D eigenvalue weighted by molar-refractivity contribution is 6.30. The predicted octanol–water partition coefficient (Wildman–Crippen LogP) is 5.24. The number of para-hydroxylation sites is 2. The highest BCUT2D eigenvalue weighted by atomic mass is 35.5. The smallest absolute Gasteiger partial charge is 0.251 e. The molecule has 180 valence electrons. The number of hydrogen-bond donors (Lipinski definition) is 1. The molecule has 7 heteroatoms. The molecule has 0 atom stereocenters. The van der Waals surface area contributed by atoms with Gasteiger partial charge in [0, 0.05) is 36.6 Å². The lowest BCUT2D eigenvalue weighted by molar-refractivity contribution is -0.131. The van der Waals surface area contributed by atoms with Crippen molar-refractivity contribution in [2.45, 2.75) is 57.9 Å². The number of imidazole rings is 1. The fourth-order valence-electron chi connectivity index (χ4n) is 4.57. The maximum Gasteiger partial charge on any atom is 0.251 e. The number of hydrogen-bond acceptors (Lipinski definition) is 3. The first kappa shape index (κ1) is 24.3. The second-order valence-electron chi connectivity index (χ2n) is 8.97. The van der Waals surface area contributed by atoms with Crippen LogP contribution in [-0.2, 0) is 17.8 Å². The van der Waals surface area contributed by atoms with Crippen molar-refractivity contribution in [3.05, 3.63) is 64.9 Å². The van der Waals surface area contributed by atoms with Crippen molar-refractivity contribution in [2.24, 2.45) is 0 Å². The Balaban J connectivity index is 1.30. The van der Waals surface area contributed by atoms with E-state index in [4.69, 9.17) is 16.6 Å². The number of carbonyl (C=O) groups excluding carboxylic acids is 2. The third-order valence-electron chi connectivity index (χ3n) is 6.44. The topological polar surface area (TPSA) is 67.2 Å². The molecule has 2 amide bonds. The largest absolute Gasteiger partial charge is 0.352 e. The second-order valence-corrected chi connectivity index (χ2v) is 9.41. The van der Waals surface area contributed by atoms with Crippen molar-refractivity contribution in [3.63, 3.8) is 0 Å². The number of rotatable bonds is 9. The predicted molar refractivity (Wildman–Crippen MR) is 136 cm³/mol. The van der Waals surface area contributed by atoms with E-state index in [1.165, 1.54) is 12.8 Å².